The van der Waals surface area contributed by atoms with Crippen LogP contribution >= 0.6 is 11.6 Å². The Morgan fingerprint density at radius 3 is 2.69 bits per heavy atom. The molecule has 0 aliphatic rings. The molecule has 1 amide bonds. The van der Waals surface area contributed by atoms with Crippen LogP contribution in [0.25, 0.3) is 0 Å². The number of hydrogen-bond acceptors (Lipinski definition) is 3. The van der Waals surface area contributed by atoms with Crippen LogP contribution in [-0.4, -0.2) is 22.7 Å². The molecule has 0 bridgehead atoms. The lowest BCUT2D eigenvalue weighted by molar-refractivity contribution is -0.114. The van der Waals surface area contributed by atoms with Crippen molar-refractivity contribution in [3.8, 4) is 5.75 Å². The van der Waals surface area contributed by atoms with Gasteiger partial charge < -0.3 is 15.5 Å². The van der Waals surface area contributed by atoms with Gasteiger partial charge in [0.1, 0.15) is 5.75 Å². The van der Waals surface area contributed by atoms with Crippen molar-refractivity contribution in [3.63, 3.8) is 0 Å². The Kier molecular flexibility index (Phi) is 4.15. The molecule has 0 spiro atoms. The Bertz CT molecular complexity index is 406. The van der Waals surface area contributed by atoms with Crippen LogP contribution in [0.5, 0.6) is 5.75 Å². The predicted octanol–water partition coefficient (Wildman–Crippen LogP) is 2.10. The van der Waals surface area contributed by atoms with Gasteiger partial charge in [0.15, 0.2) is 0 Å². The van der Waals surface area contributed by atoms with Crippen molar-refractivity contribution in [2.75, 3.05) is 11.9 Å². The van der Waals surface area contributed by atoms with Gasteiger partial charge in [-0.3, -0.25) is 4.79 Å². The second-order valence-corrected chi connectivity index (χ2v) is 4.03. The minimum absolute atomic E-state index is 0.0603. The molecule has 0 saturated carbocycles. The lowest BCUT2D eigenvalue weighted by Gasteiger charge is -2.17. The standard InChI is InChI=1S/C11H14ClNO3/c1-6(5-14)10-8(12)3-4-9(16)11(10)13-7(2)15/h3-4,6,14,16H,5H2,1-2H3,(H,13,15). The third-order valence-corrected chi connectivity index (χ3v) is 2.57. The maximum absolute atomic E-state index is 11.0. The normalized spacial score (nSPS) is 12.2. The number of aliphatic hydroxyl groups is 1. The van der Waals surface area contributed by atoms with Crippen molar-refractivity contribution >= 4 is 23.2 Å². The molecule has 0 saturated heterocycles. The number of phenolic OH excluding ortho intramolecular Hbond substituents is 1. The van der Waals surface area contributed by atoms with Crippen molar-refractivity contribution in [2.24, 2.45) is 0 Å². The van der Waals surface area contributed by atoms with Gasteiger partial charge in [0.25, 0.3) is 0 Å². The Morgan fingerprint density at radius 2 is 2.19 bits per heavy atom. The van der Waals surface area contributed by atoms with Gasteiger partial charge >= 0.3 is 0 Å². The van der Waals surface area contributed by atoms with Gasteiger partial charge in [0.2, 0.25) is 5.91 Å². The van der Waals surface area contributed by atoms with Crippen LogP contribution in [0, 0.1) is 0 Å². The van der Waals surface area contributed by atoms with Gasteiger partial charge in [-0.05, 0) is 12.1 Å². The molecule has 1 unspecified atom stereocenters. The van der Waals surface area contributed by atoms with E-state index in [1.54, 1.807) is 6.92 Å². The van der Waals surface area contributed by atoms with Gasteiger partial charge in [0.05, 0.1) is 5.69 Å². The average Bonchev–Trinajstić information content (AvgIpc) is 2.22. The van der Waals surface area contributed by atoms with Crippen molar-refractivity contribution in [2.45, 2.75) is 19.8 Å². The first-order valence-corrected chi connectivity index (χ1v) is 5.25. The summed E-state index contributed by atoms with van der Waals surface area (Å²) in [5.74, 6) is -0.625. The van der Waals surface area contributed by atoms with E-state index in [0.717, 1.165) is 0 Å². The molecular weight excluding hydrogens is 230 g/mol. The number of benzene rings is 1. The van der Waals surface area contributed by atoms with Crippen LogP contribution in [0.4, 0.5) is 5.69 Å². The van der Waals surface area contributed by atoms with E-state index < -0.39 is 0 Å². The summed E-state index contributed by atoms with van der Waals surface area (Å²) >= 11 is 5.98. The maximum Gasteiger partial charge on any atom is 0.221 e. The second kappa shape index (κ2) is 5.18. The number of nitrogens with one attached hydrogen (secondary N) is 1. The Balaban J connectivity index is 3.30. The number of aromatic hydroxyl groups is 1. The van der Waals surface area contributed by atoms with Crippen molar-refractivity contribution in [1.82, 2.24) is 0 Å². The number of amides is 1. The zero-order chi connectivity index (χ0) is 12.3. The second-order valence-electron chi connectivity index (χ2n) is 3.62. The molecule has 3 N–H and O–H groups in total. The summed E-state index contributed by atoms with van der Waals surface area (Å²) in [6, 6.07) is 2.94. The summed E-state index contributed by atoms with van der Waals surface area (Å²) < 4.78 is 0. The minimum Gasteiger partial charge on any atom is -0.506 e. The van der Waals surface area contributed by atoms with Crippen LogP contribution in [-0.2, 0) is 4.79 Å². The van der Waals surface area contributed by atoms with E-state index in [1.165, 1.54) is 19.1 Å². The highest BCUT2D eigenvalue weighted by molar-refractivity contribution is 6.32. The number of rotatable bonds is 3. The molecule has 0 aliphatic heterocycles. The number of anilines is 1. The molecule has 88 valence electrons. The fourth-order valence-corrected chi connectivity index (χ4v) is 1.81. The molecule has 1 atom stereocenters. The fraction of sp³-hybridized carbons (Fsp3) is 0.364. The Labute approximate surface area is 98.9 Å². The summed E-state index contributed by atoms with van der Waals surface area (Å²) in [6.45, 7) is 2.98. The zero-order valence-corrected chi connectivity index (χ0v) is 9.88. The topological polar surface area (TPSA) is 69.6 Å². The van der Waals surface area contributed by atoms with Crippen LogP contribution in [0.2, 0.25) is 5.02 Å². The molecule has 0 aromatic heterocycles. The molecule has 0 heterocycles. The van der Waals surface area contributed by atoms with Crippen molar-refractivity contribution in [3.05, 3.63) is 22.7 Å². The first-order valence-electron chi connectivity index (χ1n) is 4.87. The summed E-state index contributed by atoms with van der Waals surface area (Å²) in [4.78, 5) is 11.0. The van der Waals surface area contributed by atoms with Crippen molar-refractivity contribution < 1.29 is 15.0 Å². The molecule has 1 aromatic carbocycles. The molecule has 1 rings (SSSR count). The third-order valence-electron chi connectivity index (χ3n) is 2.24. The van der Waals surface area contributed by atoms with E-state index >= 15 is 0 Å². The first kappa shape index (κ1) is 12.8. The molecule has 1 aromatic rings. The lowest BCUT2D eigenvalue weighted by atomic mass is 9.99. The highest BCUT2D eigenvalue weighted by Crippen LogP contribution is 2.37. The Morgan fingerprint density at radius 1 is 1.56 bits per heavy atom. The van der Waals surface area contributed by atoms with Gasteiger partial charge in [-0.1, -0.05) is 18.5 Å². The van der Waals surface area contributed by atoms with Gasteiger partial charge in [0, 0.05) is 30.0 Å². The summed E-state index contributed by atoms with van der Waals surface area (Å²) in [5.41, 5.74) is 0.806. The summed E-state index contributed by atoms with van der Waals surface area (Å²) in [6.07, 6.45) is 0. The van der Waals surface area contributed by atoms with Crippen LogP contribution in [0.1, 0.15) is 25.3 Å². The van der Waals surface area contributed by atoms with Gasteiger partial charge in [-0.2, -0.15) is 0 Å². The predicted molar refractivity (Wildman–Crippen MR) is 62.9 cm³/mol. The quantitative estimate of drug-likeness (QED) is 0.712. The van der Waals surface area contributed by atoms with E-state index in [-0.39, 0.29) is 29.9 Å². The molecule has 16 heavy (non-hydrogen) atoms. The number of aliphatic hydroxyl groups excluding tert-OH is 1. The average molecular weight is 244 g/mol. The summed E-state index contributed by atoms with van der Waals surface area (Å²) in [5, 5.41) is 21.7. The fourth-order valence-electron chi connectivity index (χ4n) is 1.46. The van der Waals surface area contributed by atoms with E-state index in [0.29, 0.717) is 10.6 Å². The number of hydrogen-bond donors (Lipinski definition) is 3. The van der Waals surface area contributed by atoms with Gasteiger partial charge in [-0.15, -0.1) is 0 Å². The molecule has 0 radical (unpaired) electrons. The molecule has 0 aliphatic carbocycles. The Hall–Kier alpha value is -1.26. The van der Waals surface area contributed by atoms with Crippen LogP contribution < -0.4 is 5.32 Å². The van der Waals surface area contributed by atoms with Crippen LogP contribution in [0.15, 0.2) is 12.1 Å². The van der Waals surface area contributed by atoms with E-state index in [9.17, 15) is 9.90 Å². The first-order chi connectivity index (χ1) is 7.47. The van der Waals surface area contributed by atoms with E-state index in [4.69, 9.17) is 16.7 Å². The maximum atomic E-state index is 11.0. The van der Waals surface area contributed by atoms with E-state index in [2.05, 4.69) is 5.32 Å². The lowest BCUT2D eigenvalue weighted by Crippen LogP contribution is -2.11. The molecule has 0 fully saturated rings. The largest absolute Gasteiger partial charge is 0.506 e. The number of carbonyl (C=O) groups is 1. The van der Waals surface area contributed by atoms with Crippen molar-refractivity contribution in [1.29, 1.82) is 0 Å². The highest BCUT2D eigenvalue weighted by atomic mass is 35.5. The SMILES string of the molecule is CC(=O)Nc1c(O)ccc(Cl)c1C(C)CO. The van der Waals surface area contributed by atoms with E-state index in [1.807, 2.05) is 0 Å². The summed E-state index contributed by atoms with van der Waals surface area (Å²) in [7, 11) is 0. The number of phenols is 1. The van der Waals surface area contributed by atoms with Crippen LogP contribution in [0.3, 0.4) is 0 Å². The zero-order valence-electron chi connectivity index (χ0n) is 9.12. The molecule has 4 nitrogen and oxygen atoms in total. The molecular formula is C11H14ClNO3. The third kappa shape index (κ3) is 2.65. The number of halogens is 1. The monoisotopic (exact) mass is 243 g/mol. The minimum atomic E-state index is -0.302. The molecule has 5 heteroatoms. The van der Waals surface area contributed by atoms with Gasteiger partial charge in [-0.25, -0.2) is 0 Å². The number of carbonyl (C=O) groups excluding carboxylic acids is 1. The highest BCUT2D eigenvalue weighted by Gasteiger charge is 2.18. The smallest absolute Gasteiger partial charge is 0.221 e.